The molecule has 0 radical (unpaired) electrons. The lowest BCUT2D eigenvalue weighted by Crippen LogP contribution is -2.26. The van der Waals surface area contributed by atoms with Crippen molar-refractivity contribution in [2.75, 3.05) is 13.7 Å². The molecule has 0 aliphatic heterocycles. The van der Waals surface area contributed by atoms with E-state index in [0.717, 1.165) is 12.1 Å². The molecule has 0 heterocycles. The van der Waals surface area contributed by atoms with Gasteiger partial charge in [0.1, 0.15) is 11.6 Å². The standard InChI is InChI=1S/C13H20FNO/c1-13(2,3)9-15-8-10-5-11(14)7-12(6-10)16-4/h5-7,15H,8-9H2,1-4H3. The van der Waals surface area contributed by atoms with E-state index in [2.05, 4.69) is 26.1 Å². The fraction of sp³-hybridized carbons (Fsp3) is 0.538. The Morgan fingerprint density at radius 3 is 2.50 bits per heavy atom. The molecule has 0 aliphatic carbocycles. The zero-order valence-corrected chi connectivity index (χ0v) is 10.4. The van der Waals surface area contributed by atoms with Crippen molar-refractivity contribution < 1.29 is 9.13 Å². The lowest BCUT2D eigenvalue weighted by Gasteiger charge is -2.18. The molecule has 0 saturated heterocycles. The van der Waals surface area contributed by atoms with Gasteiger partial charge >= 0.3 is 0 Å². The average molecular weight is 225 g/mol. The number of halogens is 1. The average Bonchev–Trinajstić information content (AvgIpc) is 2.14. The van der Waals surface area contributed by atoms with Gasteiger partial charge in [-0.1, -0.05) is 20.8 Å². The predicted octanol–water partition coefficient (Wildman–Crippen LogP) is 2.97. The largest absolute Gasteiger partial charge is 0.497 e. The van der Waals surface area contributed by atoms with Gasteiger partial charge in [0, 0.05) is 19.2 Å². The molecule has 1 rings (SSSR count). The van der Waals surface area contributed by atoms with Crippen LogP contribution in [0, 0.1) is 11.2 Å². The fourth-order valence-corrected chi connectivity index (χ4v) is 1.42. The maximum Gasteiger partial charge on any atom is 0.127 e. The highest BCUT2D eigenvalue weighted by atomic mass is 19.1. The van der Waals surface area contributed by atoms with Gasteiger partial charge in [-0.3, -0.25) is 0 Å². The molecule has 16 heavy (non-hydrogen) atoms. The number of hydrogen-bond donors (Lipinski definition) is 1. The van der Waals surface area contributed by atoms with Crippen molar-refractivity contribution in [2.45, 2.75) is 27.3 Å². The first kappa shape index (κ1) is 13.0. The van der Waals surface area contributed by atoms with E-state index >= 15 is 0 Å². The molecule has 2 nitrogen and oxygen atoms in total. The highest BCUT2D eigenvalue weighted by Gasteiger charge is 2.09. The van der Waals surface area contributed by atoms with Gasteiger partial charge in [0.25, 0.3) is 0 Å². The summed E-state index contributed by atoms with van der Waals surface area (Å²) in [5.41, 5.74) is 1.14. The Balaban J connectivity index is 2.57. The molecule has 0 amide bonds. The molecule has 0 aliphatic rings. The third-order valence-electron chi connectivity index (χ3n) is 2.15. The topological polar surface area (TPSA) is 21.3 Å². The summed E-state index contributed by atoms with van der Waals surface area (Å²) >= 11 is 0. The first-order valence-corrected chi connectivity index (χ1v) is 5.45. The summed E-state index contributed by atoms with van der Waals surface area (Å²) in [5, 5.41) is 3.30. The van der Waals surface area contributed by atoms with Gasteiger partial charge in [0.15, 0.2) is 0 Å². The van der Waals surface area contributed by atoms with Crippen LogP contribution in [0.15, 0.2) is 18.2 Å². The molecular weight excluding hydrogens is 205 g/mol. The summed E-state index contributed by atoms with van der Waals surface area (Å²) in [7, 11) is 1.54. The molecule has 1 N–H and O–H groups in total. The molecule has 3 heteroatoms. The molecule has 90 valence electrons. The van der Waals surface area contributed by atoms with Crippen LogP contribution in [0.5, 0.6) is 5.75 Å². The first-order chi connectivity index (χ1) is 7.40. The molecule has 1 aromatic carbocycles. The van der Waals surface area contributed by atoms with E-state index in [0.29, 0.717) is 12.3 Å². The highest BCUT2D eigenvalue weighted by Crippen LogP contribution is 2.16. The highest BCUT2D eigenvalue weighted by molar-refractivity contribution is 5.29. The van der Waals surface area contributed by atoms with Gasteiger partial charge in [-0.25, -0.2) is 4.39 Å². The third-order valence-corrected chi connectivity index (χ3v) is 2.15. The van der Waals surface area contributed by atoms with Crippen molar-refractivity contribution in [2.24, 2.45) is 5.41 Å². The van der Waals surface area contributed by atoms with Gasteiger partial charge in [-0.2, -0.15) is 0 Å². The summed E-state index contributed by atoms with van der Waals surface area (Å²) < 4.78 is 18.2. The van der Waals surface area contributed by atoms with E-state index in [-0.39, 0.29) is 11.2 Å². The maximum absolute atomic E-state index is 13.2. The number of hydrogen-bond acceptors (Lipinski definition) is 2. The van der Waals surface area contributed by atoms with E-state index in [1.807, 2.05) is 6.07 Å². The maximum atomic E-state index is 13.2. The lowest BCUT2D eigenvalue weighted by molar-refractivity contribution is 0.378. The summed E-state index contributed by atoms with van der Waals surface area (Å²) in [4.78, 5) is 0. The minimum atomic E-state index is -0.257. The molecule has 0 saturated carbocycles. The second-order valence-corrected chi connectivity index (χ2v) is 5.16. The van der Waals surface area contributed by atoms with Crippen molar-refractivity contribution in [3.8, 4) is 5.75 Å². The minimum Gasteiger partial charge on any atom is -0.497 e. The number of methoxy groups -OCH3 is 1. The molecule has 1 aromatic rings. The van der Waals surface area contributed by atoms with E-state index in [4.69, 9.17) is 4.74 Å². The van der Waals surface area contributed by atoms with Gasteiger partial charge in [-0.05, 0) is 23.1 Å². The normalized spacial score (nSPS) is 11.6. The summed E-state index contributed by atoms with van der Waals surface area (Å²) in [6, 6.07) is 4.75. The van der Waals surface area contributed by atoms with E-state index < -0.39 is 0 Å². The molecule has 0 fully saturated rings. The Morgan fingerprint density at radius 2 is 1.94 bits per heavy atom. The quantitative estimate of drug-likeness (QED) is 0.850. The minimum absolute atomic E-state index is 0.234. The zero-order valence-electron chi connectivity index (χ0n) is 10.4. The van der Waals surface area contributed by atoms with Gasteiger partial charge < -0.3 is 10.1 Å². The number of ether oxygens (including phenoxy) is 1. The van der Waals surface area contributed by atoms with Crippen molar-refractivity contribution in [3.05, 3.63) is 29.6 Å². The number of nitrogens with one attached hydrogen (secondary N) is 1. The van der Waals surface area contributed by atoms with Crippen LogP contribution >= 0.6 is 0 Å². The molecule has 0 aromatic heterocycles. The smallest absolute Gasteiger partial charge is 0.127 e. The van der Waals surface area contributed by atoms with Crippen LogP contribution in [0.3, 0.4) is 0 Å². The summed E-state index contributed by atoms with van der Waals surface area (Å²) in [6.45, 7) is 8.03. The number of benzene rings is 1. The molecule has 0 unspecified atom stereocenters. The molecule has 0 bridgehead atoms. The van der Waals surface area contributed by atoms with Gasteiger partial charge in [0.05, 0.1) is 7.11 Å². The van der Waals surface area contributed by atoms with Crippen LogP contribution in [0.4, 0.5) is 4.39 Å². The van der Waals surface area contributed by atoms with Crippen molar-refractivity contribution in [1.29, 1.82) is 0 Å². The third kappa shape index (κ3) is 4.62. The van der Waals surface area contributed by atoms with Crippen LogP contribution < -0.4 is 10.1 Å². The summed E-state index contributed by atoms with van der Waals surface area (Å²) in [6.07, 6.45) is 0. The lowest BCUT2D eigenvalue weighted by atomic mass is 9.97. The van der Waals surface area contributed by atoms with Crippen LogP contribution in [0.2, 0.25) is 0 Å². The van der Waals surface area contributed by atoms with Crippen LogP contribution in [-0.4, -0.2) is 13.7 Å². The Morgan fingerprint density at radius 1 is 1.25 bits per heavy atom. The van der Waals surface area contributed by atoms with Crippen LogP contribution in [-0.2, 0) is 6.54 Å². The van der Waals surface area contributed by atoms with Crippen molar-refractivity contribution in [3.63, 3.8) is 0 Å². The fourth-order valence-electron chi connectivity index (χ4n) is 1.42. The van der Waals surface area contributed by atoms with E-state index in [1.54, 1.807) is 7.11 Å². The second-order valence-electron chi connectivity index (χ2n) is 5.16. The molecule has 0 atom stereocenters. The monoisotopic (exact) mass is 225 g/mol. The zero-order chi connectivity index (χ0) is 12.2. The second kappa shape index (κ2) is 5.30. The van der Waals surface area contributed by atoms with Gasteiger partial charge in [0.2, 0.25) is 0 Å². The summed E-state index contributed by atoms with van der Waals surface area (Å²) in [5.74, 6) is 0.305. The predicted molar refractivity (Wildman–Crippen MR) is 64.1 cm³/mol. The Labute approximate surface area is 96.8 Å². The Hall–Kier alpha value is -1.09. The van der Waals surface area contributed by atoms with Crippen molar-refractivity contribution in [1.82, 2.24) is 5.32 Å². The van der Waals surface area contributed by atoms with Crippen LogP contribution in [0.1, 0.15) is 26.3 Å². The molecule has 0 spiro atoms. The van der Waals surface area contributed by atoms with E-state index in [9.17, 15) is 4.39 Å². The molecular formula is C13H20FNO. The van der Waals surface area contributed by atoms with Crippen LogP contribution in [0.25, 0.3) is 0 Å². The van der Waals surface area contributed by atoms with E-state index in [1.165, 1.54) is 12.1 Å². The van der Waals surface area contributed by atoms with Gasteiger partial charge in [-0.15, -0.1) is 0 Å². The van der Waals surface area contributed by atoms with Crippen molar-refractivity contribution >= 4 is 0 Å². The SMILES string of the molecule is COc1cc(F)cc(CNCC(C)(C)C)c1. The Kier molecular flexibility index (Phi) is 4.30. The Bertz CT molecular complexity index is 344. The number of rotatable bonds is 4. The first-order valence-electron chi connectivity index (χ1n) is 5.45.